The van der Waals surface area contributed by atoms with E-state index in [0.717, 1.165) is 41.3 Å². The number of halogens is 4. The summed E-state index contributed by atoms with van der Waals surface area (Å²) in [6.45, 7) is 43.9. The number of nitrogens with one attached hydrogen (secondary N) is 10. The largest absolute Gasteiger partial charge is 0.491 e. The first-order chi connectivity index (χ1) is 58.2. The van der Waals surface area contributed by atoms with E-state index in [1.807, 2.05) is 115 Å². The number of carbonyl (C=O) groups excluding carboxylic acids is 4. The molecule has 0 spiro atoms. The molecule has 0 radical (unpaired) electrons. The van der Waals surface area contributed by atoms with Crippen molar-refractivity contribution in [2.75, 3.05) is 53.2 Å². The molecule has 4 aliphatic rings. The van der Waals surface area contributed by atoms with Gasteiger partial charge in [0.2, 0.25) is 0 Å². The Balaban J connectivity index is 0.000000167. The molecule has 7 atom stereocenters. The molecule has 0 bridgehead atoms. The number of aliphatic hydroxyl groups excluding tert-OH is 1. The number of benzene rings is 4. The van der Waals surface area contributed by atoms with Crippen molar-refractivity contribution in [3.05, 3.63) is 266 Å². The summed E-state index contributed by atoms with van der Waals surface area (Å²) in [4.78, 5) is 145. The summed E-state index contributed by atoms with van der Waals surface area (Å²) < 4.78 is 85.4. The predicted octanol–water partition coefficient (Wildman–Crippen LogP) is 14.5. The van der Waals surface area contributed by atoms with Crippen molar-refractivity contribution >= 4 is 80.5 Å². The van der Waals surface area contributed by atoms with Crippen LogP contribution < -0.4 is 112 Å². The number of nitrogens with two attached hydrogens (primary N) is 1. The lowest BCUT2D eigenvalue weighted by atomic mass is 9.84. The standard InChI is InChI=1S/2C25H28FN3O4.2C15H13FN2O4.C11H19NO.CH4O/c2*1-10-9-15(33-13(10)4)23(25(5,6)7)29-20-19(21(30)22(20)31)28-18-14(26)8-11(2)16-12(3)27-24(32)17(16)18;2*1-5-4-7(16)10(9-8(5)6(2)17-15(9)21)18-11-12(19)13(20)14(11)22-3;1-7-6-9(13-8(7)2)10(12)11(3,4)5;1-2/h2*8-9,12,23,28-29H,1-7H3,(H,27,32);2*4,6,18H,1-3H3,(H,17,21);6,10H,12H2,1-5H3;2H,1H3/t12-,23+;12-,23-;2*6-;10-;/m10100./s1. The van der Waals surface area contributed by atoms with Gasteiger partial charge >= 0.3 is 0 Å². The molecule has 0 unspecified atom stereocenters. The quantitative estimate of drug-likeness (QED) is 0.0297. The Kier molecular flexibility index (Phi) is 26.6. The molecule has 3 aromatic heterocycles. The highest BCUT2D eigenvalue weighted by Gasteiger charge is 2.42. The van der Waals surface area contributed by atoms with E-state index in [4.69, 9.17) is 33.6 Å². The molecule has 29 nitrogen and oxygen atoms in total. The first-order valence-electron chi connectivity index (χ1n) is 40.2. The Labute approximate surface area is 716 Å². The van der Waals surface area contributed by atoms with Gasteiger partial charge in [0.25, 0.3) is 67.1 Å². The van der Waals surface area contributed by atoms with E-state index in [2.05, 4.69) is 73.9 Å². The predicted molar refractivity (Wildman–Crippen MR) is 470 cm³/mol. The monoisotopic (exact) mass is 1730 g/mol. The first kappa shape index (κ1) is 94.2. The highest BCUT2D eigenvalue weighted by molar-refractivity contribution is 6.08. The summed E-state index contributed by atoms with van der Waals surface area (Å²) in [5, 5.41) is 34.9. The fourth-order valence-electron chi connectivity index (χ4n) is 15.7. The molecule has 0 aliphatic carbocycles. The molecule has 8 aromatic carbocycles. The Morgan fingerprint density at radius 2 is 0.560 bits per heavy atom. The normalized spacial score (nSPS) is 16.2. The van der Waals surface area contributed by atoms with Crippen LogP contribution in [0.1, 0.15) is 269 Å². The van der Waals surface area contributed by atoms with Crippen LogP contribution in [0, 0.1) is 109 Å². The first-order valence-corrected chi connectivity index (χ1v) is 40.2. The second-order valence-electron chi connectivity index (χ2n) is 35.0. The fourth-order valence-corrected chi connectivity index (χ4v) is 15.7. The molecule has 15 rings (SSSR count). The molecule has 7 heterocycles. The van der Waals surface area contributed by atoms with Gasteiger partial charge in [0, 0.05) is 7.11 Å². The third-order valence-electron chi connectivity index (χ3n) is 22.8. The van der Waals surface area contributed by atoms with E-state index in [9.17, 15) is 75.1 Å². The van der Waals surface area contributed by atoms with Gasteiger partial charge in [-0.25, -0.2) is 17.6 Å². The number of hydrogen-bond donors (Lipinski definition) is 12. The maximum absolute atomic E-state index is 14.9. The van der Waals surface area contributed by atoms with E-state index in [1.165, 1.54) is 44.0 Å². The summed E-state index contributed by atoms with van der Waals surface area (Å²) in [5.41, 5.74) is 7.53. The van der Waals surface area contributed by atoms with Crippen LogP contribution in [0.2, 0.25) is 0 Å². The summed E-state index contributed by atoms with van der Waals surface area (Å²) in [7, 11) is 3.48. The molecule has 33 heteroatoms. The zero-order valence-electron chi connectivity index (χ0n) is 74.6. The third kappa shape index (κ3) is 17.7. The topological polar surface area (TPSA) is 429 Å². The van der Waals surface area contributed by atoms with Gasteiger partial charge in [-0.05, 0) is 217 Å². The van der Waals surface area contributed by atoms with Crippen molar-refractivity contribution in [1.29, 1.82) is 0 Å². The minimum Gasteiger partial charge on any atom is -0.491 e. The molecule has 0 saturated heterocycles. The van der Waals surface area contributed by atoms with E-state index < -0.39 is 102 Å². The van der Waals surface area contributed by atoms with Crippen LogP contribution in [-0.4, -0.2) is 50.1 Å². The average Bonchev–Trinajstić information content (AvgIpc) is 1.69. The zero-order valence-corrected chi connectivity index (χ0v) is 74.6. The van der Waals surface area contributed by atoms with Crippen molar-refractivity contribution in [2.24, 2.45) is 22.0 Å². The second-order valence-corrected chi connectivity index (χ2v) is 35.0. The Morgan fingerprint density at radius 1 is 0.336 bits per heavy atom. The van der Waals surface area contributed by atoms with Gasteiger partial charge in [-0.2, -0.15) is 0 Å². The van der Waals surface area contributed by atoms with Crippen molar-refractivity contribution in [3.8, 4) is 11.5 Å². The van der Waals surface area contributed by atoms with Crippen LogP contribution in [0.25, 0.3) is 0 Å². The van der Waals surface area contributed by atoms with Gasteiger partial charge < -0.3 is 86.7 Å². The summed E-state index contributed by atoms with van der Waals surface area (Å²) in [6, 6.07) is 9.10. The summed E-state index contributed by atoms with van der Waals surface area (Å²) in [5.74, 6) is -0.0507. The number of rotatable bonds is 17. The molecular formula is C92H105F4N11O18. The fraction of sp³-hybridized carbons (Fsp3) is 0.391. The number of amides is 4. The molecule has 11 aromatic rings. The van der Waals surface area contributed by atoms with Crippen molar-refractivity contribution in [1.82, 2.24) is 21.3 Å². The SMILES string of the molecule is CO.COc1c(Nc2c(F)cc(C)c3c2C(=O)N[C@@H]3C)c(=O)c1=O.COc1c(Nc2c(F)cc(C)c3c2C(=O)N[C@H]3C)c(=O)c1=O.Cc1cc([C@H](N)C(C)(C)C)oc1C.Cc1cc([C@H](Nc2c(Nc3c(F)cc(C)c4c3C(=O)N[C@@H]4C)c(=O)c2=O)C(C)(C)C)oc1C.Cc1cc([C@H](Nc2c(Nc3c(F)cc(C)c4c3C(=O)N[C@H]4C)c(=O)c2=O)C(C)(C)C)oc1C. The minimum absolute atomic E-state index is 0.0279. The second kappa shape index (κ2) is 35.3. The maximum Gasteiger partial charge on any atom is 0.272 e. The van der Waals surface area contributed by atoms with Crippen molar-refractivity contribution in [2.45, 2.75) is 202 Å². The lowest BCUT2D eigenvalue weighted by molar-refractivity contribution is 0.0950. The van der Waals surface area contributed by atoms with Gasteiger partial charge in [0.05, 0.1) is 102 Å². The third-order valence-corrected chi connectivity index (χ3v) is 22.8. The van der Waals surface area contributed by atoms with Crippen molar-refractivity contribution in [3.63, 3.8) is 0 Å². The maximum atomic E-state index is 14.9. The van der Waals surface area contributed by atoms with Crippen LogP contribution in [0.3, 0.4) is 0 Å². The van der Waals surface area contributed by atoms with Crippen LogP contribution in [-0.2, 0) is 0 Å². The zero-order chi connectivity index (χ0) is 93.4. The molecule has 0 saturated carbocycles. The van der Waals surface area contributed by atoms with Gasteiger partial charge in [-0.1, -0.05) is 62.3 Å². The minimum atomic E-state index is -0.794. The number of anilines is 10. The Morgan fingerprint density at radius 3 is 0.776 bits per heavy atom. The molecule has 4 aliphatic heterocycles. The lowest BCUT2D eigenvalue weighted by Crippen LogP contribution is -2.39. The summed E-state index contributed by atoms with van der Waals surface area (Å²) >= 11 is 0. The van der Waals surface area contributed by atoms with E-state index in [-0.39, 0.29) is 137 Å². The Hall–Kier alpha value is -13.0. The van der Waals surface area contributed by atoms with Crippen LogP contribution in [0.5, 0.6) is 11.5 Å². The average molecular weight is 1730 g/mol. The lowest BCUT2D eigenvalue weighted by Gasteiger charge is -2.31. The van der Waals surface area contributed by atoms with E-state index >= 15 is 0 Å². The number of hydrogen-bond acceptors (Lipinski definition) is 25. The molecule has 664 valence electrons. The number of ether oxygens (including phenoxy) is 2. The van der Waals surface area contributed by atoms with Gasteiger partial charge in [-0.3, -0.25) is 57.5 Å². The number of methoxy groups -OCH3 is 2. The molecule has 125 heavy (non-hydrogen) atoms. The highest BCUT2D eigenvalue weighted by atomic mass is 19.1. The number of carbonyl (C=O) groups is 4. The molecule has 4 amide bonds. The highest BCUT2D eigenvalue weighted by Crippen LogP contribution is 2.46. The smallest absolute Gasteiger partial charge is 0.272 e. The van der Waals surface area contributed by atoms with E-state index in [0.29, 0.717) is 56.0 Å². The number of furan rings is 3. The number of fused-ring (bicyclic) bond motifs is 4. The number of aryl methyl sites for hydroxylation is 10. The van der Waals surface area contributed by atoms with Crippen LogP contribution in [0.15, 0.2) is 94.1 Å². The van der Waals surface area contributed by atoms with Gasteiger partial charge in [0.15, 0.2) is 11.5 Å². The molecule has 0 fully saturated rings. The number of aliphatic hydroxyl groups is 1. The van der Waals surface area contributed by atoms with Gasteiger partial charge in [0.1, 0.15) is 92.0 Å². The van der Waals surface area contributed by atoms with Crippen LogP contribution >= 0.6 is 0 Å². The summed E-state index contributed by atoms with van der Waals surface area (Å²) in [6.07, 6.45) is 0. The van der Waals surface area contributed by atoms with Crippen molar-refractivity contribution < 1.29 is 64.6 Å². The Bertz CT molecular complexity index is 6080. The molecular weight excluding hydrogens is 1620 g/mol. The van der Waals surface area contributed by atoms with Crippen LogP contribution in [0.4, 0.5) is 74.4 Å². The van der Waals surface area contributed by atoms with Gasteiger partial charge in [-0.15, -0.1) is 0 Å². The van der Waals surface area contributed by atoms with E-state index in [1.54, 1.807) is 41.5 Å². The molecule has 13 N–H and O–H groups in total.